The molecule has 0 aromatic heterocycles. The molecule has 0 spiro atoms. The summed E-state index contributed by atoms with van der Waals surface area (Å²) in [7, 11) is 0. The van der Waals surface area contributed by atoms with E-state index < -0.39 is 0 Å². The van der Waals surface area contributed by atoms with Gasteiger partial charge in [-0.15, -0.1) is 0 Å². The lowest BCUT2D eigenvalue weighted by Crippen LogP contribution is -2.22. The molecule has 0 atom stereocenters. The van der Waals surface area contributed by atoms with Gasteiger partial charge in [0.05, 0.1) is 0 Å². The van der Waals surface area contributed by atoms with E-state index in [2.05, 4.69) is 56.5 Å². The molecular formula is C19H29N. The molecule has 1 saturated heterocycles. The van der Waals surface area contributed by atoms with Crippen LogP contribution in [0.4, 0.5) is 0 Å². The molecule has 1 heterocycles. The Morgan fingerprint density at radius 2 is 1.75 bits per heavy atom. The first-order valence-electron chi connectivity index (χ1n) is 7.98. The molecule has 1 aliphatic heterocycles. The molecule has 1 heteroatoms. The lowest BCUT2D eigenvalue weighted by atomic mass is 9.77. The van der Waals surface area contributed by atoms with Crippen LogP contribution >= 0.6 is 0 Å². The lowest BCUT2D eigenvalue weighted by molar-refractivity contribution is 0.307. The molecule has 1 nitrogen and oxygen atoms in total. The highest BCUT2D eigenvalue weighted by Crippen LogP contribution is 2.37. The quantitative estimate of drug-likeness (QED) is 0.710. The van der Waals surface area contributed by atoms with Crippen molar-refractivity contribution in [2.24, 2.45) is 5.41 Å². The second-order valence-corrected chi connectivity index (χ2v) is 6.88. The zero-order valence-electron chi connectivity index (χ0n) is 13.4. The van der Waals surface area contributed by atoms with Gasteiger partial charge in [0.2, 0.25) is 0 Å². The third-order valence-electron chi connectivity index (χ3n) is 4.69. The minimum atomic E-state index is 0.189. The van der Waals surface area contributed by atoms with Crippen LogP contribution in [0.15, 0.2) is 30.8 Å². The summed E-state index contributed by atoms with van der Waals surface area (Å²) in [6.07, 6.45) is 5.27. The fraction of sp³-hybridized carbons (Fsp3) is 0.579. The maximum atomic E-state index is 4.36. The largest absolute Gasteiger partial charge is 0.303 e. The van der Waals surface area contributed by atoms with Crippen LogP contribution in [0, 0.1) is 12.3 Å². The predicted molar refractivity (Wildman–Crippen MR) is 88.9 cm³/mol. The topological polar surface area (TPSA) is 3.24 Å². The maximum absolute atomic E-state index is 4.36. The van der Waals surface area contributed by atoms with Crippen molar-refractivity contribution in [1.82, 2.24) is 4.90 Å². The Morgan fingerprint density at radius 1 is 1.15 bits per heavy atom. The third-order valence-corrected chi connectivity index (χ3v) is 4.69. The van der Waals surface area contributed by atoms with Gasteiger partial charge in [0, 0.05) is 0 Å². The van der Waals surface area contributed by atoms with E-state index in [9.17, 15) is 0 Å². The molecule has 0 amide bonds. The van der Waals surface area contributed by atoms with Crippen LogP contribution in [-0.4, -0.2) is 24.5 Å². The minimum Gasteiger partial charge on any atom is -0.303 e. The maximum Gasteiger partial charge on any atom is -0.00183 e. The zero-order valence-corrected chi connectivity index (χ0v) is 13.4. The SMILES string of the molecule is C=C(c1ccc(C)cc1)C(C)(C)CCCN1CCCC1. The summed E-state index contributed by atoms with van der Waals surface area (Å²) in [6, 6.07) is 8.78. The van der Waals surface area contributed by atoms with E-state index in [0.29, 0.717) is 0 Å². The Bertz CT molecular complexity index is 435. The molecule has 0 radical (unpaired) electrons. The van der Waals surface area contributed by atoms with Gasteiger partial charge in [-0.25, -0.2) is 0 Å². The average Bonchev–Trinajstić information content (AvgIpc) is 2.92. The van der Waals surface area contributed by atoms with Crippen molar-refractivity contribution >= 4 is 5.57 Å². The smallest absolute Gasteiger partial charge is 0.00183 e. The molecule has 1 aliphatic rings. The molecule has 0 N–H and O–H groups in total. The van der Waals surface area contributed by atoms with E-state index in [1.54, 1.807) is 0 Å². The summed E-state index contributed by atoms with van der Waals surface area (Å²) in [4.78, 5) is 2.60. The highest BCUT2D eigenvalue weighted by atomic mass is 15.1. The van der Waals surface area contributed by atoms with E-state index in [1.807, 2.05) is 0 Å². The second-order valence-electron chi connectivity index (χ2n) is 6.88. The molecule has 1 fully saturated rings. The Hall–Kier alpha value is -1.08. The van der Waals surface area contributed by atoms with Gasteiger partial charge in [-0.1, -0.05) is 50.3 Å². The molecule has 0 aliphatic carbocycles. The van der Waals surface area contributed by atoms with Gasteiger partial charge in [0.1, 0.15) is 0 Å². The molecule has 2 rings (SSSR count). The van der Waals surface area contributed by atoms with Crippen molar-refractivity contribution in [3.63, 3.8) is 0 Å². The van der Waals surface area contributed by atoms with Gasteiger partial charge < -0.3 is 4.90 Å². The van der Waals surface area contributed by atoms with E-state index in [-0.39, 0.29) is 5.41 Å². The van der Waals surface area contributed by atoms with Crippen molar-refractivity contribution in [2.75, 3.05) is 19.6 Å². The van der Waals surface area contributed by atoms with Gasteiger partial charge in [0.15, 0.2) is 0 Å². The summed E-state index contributed by atoms with van der Waals surface area (Å²) in [5, 5.41) is 0. The van der Waals surface area contributed by atoms with Crippen molar-refractivity contribution in [3.05, 3.63) is 42.0 Å². The molecule has 1 aromatic rings. The van der Waals surface area contributed by atoms with E-state index in [4.69, 9.17) is 0 Å². The zero-order chi connectivity index (χ0) is 14.6. The van der Waals surface area contributed by atoms with Crippen LogP contribution < -0.4 is 0 Å². The highest BCUT2D eigenvalue weighted by Gasteiger charge is 2.23. The highest BCUT2D eigenvalue weighted by molar-refractivity contribution is 5.67. The Kier molecular flexibility index (Phi) is 5.04. The van der Waals surface area contributed by atoms with Gasteiger partial charge in [0.25, 0.3) is 0 Å². The number of allylic oxidation sites excluding steroid dienone is 1. The van der Waals surface area contributed by atoms with Crippen LogP contribution in [0.25, 0.3) is 5.57 Å². The fourth-order valence-electron chi connectivity index (χ4n) is 3.05. The monoisotopic (exact) mass is 271 g/mol. The average molecular weight is 271 g/mol. The van der Waals surface area contributed by atoms with Crippen molar-refractivity contribution in [2.45, 2.75) is 46.5 Å². The molecule has 110 valence electrons. The van der Waals surface area contributed by atoms with Crippen LogP contribution in [0.2, 0.25) is 0 Å². The number of hydrogen-bond donors (Lipinski definition) is 0. The molecule has 0 unspecified atom stereocenters. The fourth-order valence-corrected chi connectivity index (χ4v) is 3.05. The van der Waals surface area contributed by atoms with Crippen LogP contribution in [-0.2, 0) is 0 Å². The van der Waals surface area contributed by atoms with E-state index in [0.717, 1.165) is 0 Å². The second kappa shape index (κ2) is 6.58. The molecule has 20 heavy (non-hydrogen) atoms. The minimum absolute atomic E-state index is 0.189. The summed E-state index contributed by atoms with van der Waals surface area (Å²) in [5.74, 6) is 0. The first kappa shape index (κ1) is 15.3. The van der Waals surface area contributed by atoms with Gasteiger partial charge in [-0.3, -0.25) is 0 Å². The number of hydrogen-bond acceptors (Lipinski definition) is 1. The number of rotatable bonds is 6. The normalized spacial score (nSPS) is 16.6. The van der Waals surface area contributed by atoms with Crippen LogP contribution in [0.3, 0.4) is 0 Å². The summed E-state index contributed by atoms with van der Waals surface area (Å²) < 4.78 is 0. The first-order chi connectivity index (χ1) is 9.49. The number of nitrogens with zero attached hydrogens (tertiary/aromatic N) is 1. The Morgan fingerprint density at radius 3 is 2.35 bits per heavy atom. The van der Waals surface area contributed by atoms with Gasteiger partial charge in [-0.05, 0) is 68.8 Å². The van der Waals surface area contributed by atoms with E-state index >= 15 is 0 Å². The number of likely N-dealkylation sites (tertiary alicyclic amines) is 1. The van der Waals surface area contributed by atoms with Crippen molar-refractivity contribution in [1.29, 1.82) is 0 Å². The number of benzene rings is 1. The predicted octanol–water partition coefficient (Wildman–Crippen LogP) is 4.91. The summed E-state index contributed by atoms with van der Waals surface area (Å²) in [5.41, 5.74) is 4.07. The Labute approximate surface area is 124 Å². The Balaban J connectivity index is 1.87. The molecular weight excluding hydrogens is 242 g/mol. The molecule has 1 aromatic carbocycles. The molecule has 0 saturated carbocycles. The van der Waals surface area contributed by atoms with Crippen molar-refractivity contribution in [3.8, 4) is 0 Å². The third kappa shape index (κ3) is 3.96. The van der Waals surface area contributed by atoms with Gasteiger partial charge in [-0.2, -0.15) is 0 Å². The van der Waals surface area contributed by atoms with Crippen molar-refractivity contribution < 1.29 is 0 Å². The summed E-state index contributed by atoms with van der Waals surface area (Å²) >= 11 is 0. The molecule has 0 bridgehead atoms. The van der Waals surface area contributed by atoms with Crippen LogP contribution in [0.1, 0.15) is 50.7 Å². The standard InChI is InChI=1S/C19H29N/c1-16-8-10-18(11-9-16)17(2)19(3,4)12-7-15-20-13-5-6-14-20/h8-11H,2,5-7,12-15H2,1,3-4H3. The number of aryl methyl sites for hydroxylation is 1. The van der Waals surface area contributed by atoms with Gasteiger partial charge >= 0.3 is 0 Å². The first-order valence-corrected chi connectivity index (χ1v) is 7.98. The summed E-state index contributed by atoms with van der Waals surface area (Å²) in [6.45, 7) is 15.0. The van der Waals surface area contributed by atoms with Crippen LogP contribution in [0.5, 0.6) is 0 Å². The van der Waals surface area contributed by atoms with E-state index in [1.165, 1.54) is 62.0 Å². The lowest BCUT2D eigenvalue weighted by Gasteiger charge is -2.29.